The minimum absolute atomic E-state index is 0.0184. The Balaban J connectivity index is 2.43. The quantitative estimate of drug-likeness (QED) is 0.745. The van der Waals surface area contributed by atoms with Gasteiger partial charge in [0, 0.05) is 18.4 Å². The van der Waals surface area contributed by atoms with E-state index >= 15 is 0 Å². The molecule has 0 saturated heterocycles. The van der Waals surface area contributed by atoms with E-state index in [4.69, 9.17) is 4.74 Å². The van der Waals surface area contributed by atoms with Crippen LogP contribution in [0.4, 0.5) is 0 Å². The second kappa shape index (κ2) is 6.04. The summed E-state index contributed by atoms with van der Waals surface area (Å²) >= 11 is 0. The Labute approximate surface area is 119 Å². The molecule has 1 aliphatic heterocycles. The second-order valence-electron chi connectivity index (χ2n) is 5.31. The van der Waals surface area contributed by atoms with Gasteiger partial charge in [0.25, 0.3) is 0 Å². The van der Waals surface area contributed by atoms with Crippen molar-refractivity contribution in [2.45, 2.75) is 38.7 Å². The van der Waals surface area contributed by atoms with Crippen LogP contribution in [0.15, 0.2) is 42.5 Å². The Morgan fingerprint density at radius 2 is 2.00 bits per heavy atom. The van der Waals surface area contributed by atoms with Crippen molar-refractivity contribution in [2.24, 2.45) is 5.92 Å². The van der Waals surface area contributed by atoms with Crippen molar-refractivity contribution in [3.63, 3.8) is 0 Å². The standard InChI is InChI=1S/C17H20O3/c1-3-7-15(12-13(2)18)17(11-10-16(19)20-17)14-8-5-4-6-9-14/h4-6,8-11,15H,3,7,12H2,1-2H3/t15-,17+/m0/s1. The van der Waals surface area contributed by atoms with Crippen molar-refractivity contribution in [2.75, 3.05) is 0 Å². The molecule has 0 spiro atoms. The van der Waals surface area contributed by atoms with Crippen molar-refractivity contribution in [1.29, 1.82) is 0 Å². The topological polar surface area (TPSA) is 43.4 Å². The predicted molar refractivity (Wildman–Crippen MR) is 77.0 cm³/mol. The highest BCUT2D eigenvalue weighted by Gasteiger charge is 2.44. The van der Waals surface area contributed by atoms with Crippen molar-refractivity contribution >= 4 is 11.8 Å². The average Bonchev–Trinajstić information content (AvgIpc) is 2.82. The Kier molecular flexibility index (Phi) is 4.38. The number of carbonyl (C=O) groups excluding carboxylic acids is 2. The molecule has 0 bridgehead atoms. The molecule has 0 N–H and O–H groups in total. The average molecular weight is 272 g/mol. The molecule has 20 heavy (non-hydrogen) atoms. The van der Waals surface area contributed by atoms with E-state index in [0.717, 1.165) is 18.4 Å². The van der Waals surface area contributed by atoms with Crippen LogP contribution in [-0.4, -0.2) is 11.8 Å². The van der Waals surface area contributed by atoms with Gasteiger partial charge < -0.3 is 9.53 Å². The molecule has 0 radical (unpaired) electrons. The van der Waals surface area contributed by atoms with Gasteiger partial charge in [-0.05, 0) is 25.0 Å². The Morgan fingerprint density at radius 1 is 1.30 bits per heavy atom. The first-order valence-electron chi connectivity index (χ1n) is 7.05. The summed E-state index contributed by atoms with van der Waals surface area (Å²) < 4.78 is 5.65. The van der Waals surface area contributed by atoms with Crippen molar-refractivity contribution < 1.29 is 14.3 Å². The molecule has 1 aliphatic rings. The zero-order valence-electron chi connectivity index (χ0n) is 12.0. The first kappa shape index (κ1) is 14.5. The molecule has 1 aromatic rings. The summed E-state index contributed by atoms with van der Waals surface area (Å²) in [5, 5.41) is 0. The molecule has 0 aromatic heterocycles. The van der Waals surface area contributed by atoms with Crippen LogP contribution in [0, 0.1) is 5.92 Å². The van der Waals surface area contributed by atoms with Crippen LogP contribution in [0.2, 0.25) is 0 Å². The maximum absolute atomic E-state index is 11.6. The number of Topliss-reactive ketones (excluding diaryl/α,β-unsaturated/α-hetero) is 1. The van der Waals surface area contributed by atoms with Gasteiger partial charge in [-0.2, -0.15) is 0 Å². The largest absolute Gasteiger partial charge is 0.446 e. The number of ketones is 1. The first-order valence-corrected chi connectivity index (χ1v) is 7.05. The molecule has 1 aromatic carbocycles. The molecule has 0 fully saturated rings. The van der Waals surface area contributed by atoms with Gasteiger partial charge in [0.2, 0.25) is 0 Å². The molecule has 3 heteroatoms. The lowest BCUT2D eigenvalue weighted by Crippen LogP contribution is -2.36. The number of rotatable bonds is 6. The van der Waals surface area contributed by atoms with Crippen LogP contribution in [0.25, 0.3) is 0 Å². The van der Waals surface area contributed by atoms with Gasteiger partial charge in [-0.15, -0.1) is 0 Å². The minimum atomic E-state index is -0.792. The third-order valence-corrected chi connectivity index (χ3v) is 3.74. The Hall–Kier alpha value is -1.90. The fourth-order valence-corrected chi connectivity index (χ4v) is 2.90. The molecular formula is C17H20O3. The molecule has 2 atom stereocenters. The van der Waals surface area contributed by atoms with Crippen LogP contribution in [-0.2, 0) is 19.9 Å². The van der Waals surface area contributed by atoms with Crippen molar-refractivity contribution in [3.8, 4) is 0 Å². The summed E-state index contributed by atoms with van der Waals surface area (Å²) in [6.45, 7) is 3.66. The number of esters is 1. The van der Waals surface area contributed by atoms with E-state index in [0.29, 0.717) is 6.42 Å². The number of carbonyl (C=O) groups is 2. The lowest BCUT2D eigenvalue weighted by molar-refractivity contribution is -0.152. The highest BCUT2D eigenvalue weighted by Crippen LogP contribution is 2.42. The maximum Gasteiger partial charge on any atom is 0.331 e. The van der Waals surface area contributed by atoms with Crippen LogP contribution in [0.5, 0.6) is 0 Å². The lowest BCUT2D eigenvalue weighted by Gasteiger charge is -2.35. The van der Waals surface area contributed by atoms with Gasteiger partial charge in [-0.1, -0.05) is 43.7 Å². The molecule has 1 heterocycles. The van der Waals surface area contributed by atoms with Gasteiger partial charge in [0.05, 0.1) is 0 Å². The van der Waals surface area contributed by atoms with Gasteiger partial charge in [0.1, 0.15) is 5.78 Å². The Bertz CT molecular complexity index is 518. The van der Waals surface area contributed by atoms with E-state index in [1.165, 1.54) is 6.08 Å². The zero-order chi connectivity index (χ0) is 14.6. The number of benzene rings is 1. The molecule has 0 aliphatic carbocycles. The second-order valence-corrected chi connectivity index (χ2v) is 5.31. The highest BCUT2D eigenvalue weighted by atomic mass is 16.6. The van der Waals surface area contributed by atoms with Crippen LogP contribution in [0.1, 0.15) is 38.7 Å². The van der Waals surface area contributed by atoms with E-state index < -0.39 is 5.60 Å². The van der Waals surface area contributed by atoms with Gasteiger partial charge in [-0.3, -0.25) is 0 Å². The third-order valence-electron chi connectivity index (χ3n) is 3.74. The molecule has 0 amide bonds. The van der Waals surface area contributed by atoms with Crippen molar-refractivity contribution in [3.05, 3.63) is 48.0 Å². The molecule has 106 valence electrons. The highest BCUT2D eigenvalue weighted by molar-refractivity contribution is 5.86. The zero-order valence-corrected chi connectivity index (χ0v) is 12.0. The third kappa shape index (κ3) is 2.82. The molecule has 3 nitrogen and oxygen atoms in total. The smallest absolute Gasteiger partial charge is 0.331 e. The SMILES string of the molecule is CCC[C@@H](CC(C)=O)[C@]1(c2ccccc2)C=CC(=O)O1. The minimum Gasteiger partial charge on any atom is -0.446 e. The maximum atomic E-state index is 11.6. The number of hydrogen-bond donors (Lipinski definition) is 0. The summed E-state index contributed by atoms with van der Waals surface area (Å²) in [7, 11) is 0. The van der Waals surface area contributed by atoms with Crippen LogP contribution >= 0.6 is 0 Å². The fourth-order valence-electron chi connectivity index (χ4n) is 2.90. The monoisotopic (exact) mass is 272 g/mol. The van der Waals surface area contributed by atoms with E-state index in [1.807, 2.05) is 36.4 Å². The summed E-state index contributed by atoms with van der Waals surface area (Å²) in [5.74, 6) is -0.233. The molecule has 0 saturated carbocycles. The van der Waals surface area contributed by atoms with Gasteiger partial charge in [0.15, 0.2) is 5.60 Å². The normalized spacial score (nSPS) is 22.6. The van der Waals surface area contributed by atoms with E-state index in [9.17, 15) is 9.59 Å². The van der Waals surface area contributed by atoms with Gasteiger partial charge in [-0.25, -0.2) is 4.79 Å². The summed E-state index contributed by atoms with van der Waals surface area (Å²) in [4.78, 5) is 23.2. The lowest BCUT2D eigenvalue weighted by atomic mass is 9.76. The van der Waals surface area contributed by atoms with Crippen molar-refractivity contribution in [1.82, 2.24) is 0 Å². The molecule has 0 unspecified atom stereocenters. The number of ether oxygens (including phenoxy) is 1. The first-order chi connectivity index (χ1) is 9.58. The summed E-state index contributed by atoms with van der Waals surface area (Å²) in [6.07, 6.45) is 5.48. The summed E-state index contributed by atoms with van der Waals surface area (Å²) in [5.41, 5.74) is 0.141. The predicted octanol–water partition coefficient (Wildman–Crippen LogP) is 3.39. The molecule has 2 rings (SSSR count). The number of hydrogen-bond acceptors (Lipinski definition) is 3. The molecular weight excluding hydrogens is 252 g/mol. The van der Waals surface area contributed by atoms with Gasteiger partial charge >= 0.3 is 5.97 Å². The van der Waals surface area contributed by atoms with E-state index in [-0.39, 0.29) is 17.7 Å². The number of cyclic esters (lactones) is 1. The Morgan fingerprint density at radius 3 is 2.50 bits per heavy atom. The van der Waals surface area contributed by atoms with Crippen LogP contribution in [0.3, 0.4) is 0 Å². The van der Waals surface area contributed by atoms with Crippen LogP contribution < -0.4 is 0 Å². The summed E-state index contributed by atoms with van der Waals surface area (Å²) in [6, 6.07) is 9.68. The fraction of sp³-hybridized carbons (Fsp3) is 0.412. The van der Waals surface area contributed by atoms with E-state index in [2.05, 4.69) is 6.92 Å². The van der Waals surface area contributed by atoms with E-state index in [1.54, 1.807) is 6.92 Å².